The van der Waals surface area contributed by atoms with Crippen LogP contribution in [0.25, 0.3) is 5.57 Å². The van der Waals surface area contributed by atoms with Gasteiger partial charge in [-0.15, -0.1) is 0 Å². The van der Waals surface area contributed by atoms with Gasteiger partial charge >= 0.3 is 152 Å². The van der Waals surface area contributed by atoms with Gasteiger partial charge in [0, 0.05) is 0 Å². The van der Waals surface area contributed by atoms with Crippen molar-refractivity contribution in [2.75, 3.05) is 3.38 Å². The zero-order valence-electron chi connectivity index (χ0n) is 14.8. The van der Waals surface area contributed by atoms with E-state index in [0.717, 1.165) is 13.0 Å². The van der Waals surface area contributed by atoms with E-state index in [-0.39, 0.29) is 24.8 Å². The molecule has 3 rings (SSSR count). The summed E-state index contributed by atoms with van der Waals surface area (Å²) >= 11 is 2.20. The number of anilines is 1. The second-order valence-corrected chi connectivity index (χ2v) is 7.16. The van der Waals surface area contributed by atoms with E-state index in [9.17, 15) is 0 Å². The first-order valence-electron chi connectivity index (χ1n) is 8.07. The van der Waals surface area contributed by atoms with E-state index in [2.05, 4.69) is 99.5 Å². The molecule has 0 N–H and O–H groups in total. The molecule has 0 amide bonds. The minimum Gasteiger partial charge on any atom is -1.00 e. The molecular formula is C21H22Cl2NTi. The van der Waals surface area contributed by atoms with Gasteiger partial charge in [0.15, 0.2) is 0 Å². The van der Waals surface area contributed by atoms with Gasteiger partial charge in [0.25, 0.3) is 0 Å². The van der Waals surface area contributed by atoms with Crippen molar-refractivity contribution < 1.29 is 45.5 Å². The first-order chi connectivity index (χ1) is 11.1. The van der Waals surface area contributed by atoms with Crippen LogP contribution in [0, 0.1) is 20.8 Å². The molecule has 1 aliphatic rings. The number of aryl methyl sites for hydroxylation is 3. The van der Waals surface area contributed by atoms with Gasteiger partial charge in [-0.25, -0.2) is 0 Å². The SMILES string of the molecule is Cc1cc(C)c([N]([Ti+2])Cc2ccccc2C2=CC=CC2)c(C)c1.[Cl-].[Cl-]. The van der Waals surface area contributed by atoms with Crippen molar-refractivity contribution in [2.45, 2.75) is 33.7 Å². The molecule has 0 radical (unpaired) electrons. The average Bonchev–Trinajstić information content (AvgIpc) is 3.00. The largest absolute Gasteiger partial charge is 1.00 e. The van der Waals surface area contributed by atoms with Gasteiger partial charge in [-0.05, 0) is 0 Å². The van der Waals surface area contributed by atoms with Crippen LogP contribution in [-0.4, -0.2) is 0 Å². The maximum atomic E-state index is 2.38. The molecule has 25 heavy (non-hydrogen) atoms. The third kappa shape index (κ3) is 5.02. The second kappa shape index (κ2) is 9.64. The Hall–Kier alpha value is -0.986. The summed E-state index contributed by atoms with van der Waals surface area (Å²) in [4.78, 5) is 0. The number of nitrogens with zero attached hydrogens (tertiary/aromatic N) is 1. The fourth-order valence-electron chi connectivity index (χ4n) is 3.47. The first-order valence-corrected chi connectivity index (χ1v) is 8.76. The Kier molecular flexibility index (Phi) is 8.50. The van der Waals surface area contributed by atoms with Gasteiger partial charge < -0.3 is 24.8 Å². The monoisotopic (exact) mass is 406 g/mol. The summed E-state index contributed by atoms with van der Waals surface area (Å²) in [5.41, 5.74) is 9.58. The third-order valence-corrected chi connectivity index (χ3v) is 4.96. The smallest absolute Gasteiger partial charge is 1.00 e. The van der Waals surface area contributed by atoms with Crippen molar-refractivity contribution in [1.29, 1.82) is 0 Å². The van der Waals surface area contributed by atoms with Crippen LogP contribution in [0.2, 0.25) is 0 Å². The van der Waals surface area contributed by atoms with Crippen LogP contribution in [-0.2, 0) is 27.2 Å². The van der Waals surface area contributed by atoms with E-state index < -0.39 is 0 Å². The Morgan fingerprint density at radius 2 is 1.64 bits per heavy atom. The maximum Gasteiger partial charge on any atom is -1.00 e. The molecule has 0 fully saturated rings. The minimum atomic E-state index is 0. The molecule has 0 heterocycles. The molecule has 0 saturated heterocycles. The zero-order valence-corrected chi connectivity index (χ0v) is 17.9. The molecule has 2 aromatic rings. The van der Waals surface area contributed by atoms with Crippen LogP contribution in [0.15, 0.2) is 54.6 Å². The van der Waals surface area contributed by atoms with Gasteiger partial charge in [-0.2, -0.15) is 0 Å². The number of hydrogen-bond donors (Lipinski definition) is 0. The van der Waals surface area contributed by atoms with E-state index in [1.807, 2.05) is 0 Å². The number of hydrogen-bond acceptors (Lipinski definition) is 1. The topological polar surface area (TPSA) is 3.24 Å². The van der Waals surface area contributed by atoms with Gasteiger partial charge in [0.05, 0.1) is 0 Å². The summed E-state index contributed by atoms with van der Waals surface area (Å²) in [7, 11) is 0. The van der Waals surface area contributed by atoms with Crippen molar-refractivity contribution in [3.63, 3.8) is 0 Å². The average molecular weight is 407 g/mol. The van der Waals surface area contributed by atoms with Crippen molar-refractivity contribution in [3.8, 4) is 0 Å². The summed E-state index contributed by atoms with van der Waals surface area (Å²) in [5, 5.41) is 0. The maximum absolute atomic E-state index is 2.38. The van der Waals surface area contributed by atoms with E-state index in [1.54, 1.807) is 0 Å². The molecule has 129 valence electrons. The number of benzene rings is 2. The number of halogens is 2. The Balaban J connectivity index is 0.00000156. The Morgan fingerprint density at radius 1 is 1.00 bits per heavy atom. The van der Waals surface area contributed by atoms with E-state index in [1.165, 1.54) is 39.1 Å². The number of rotatable bonds is 4. The summed E-state index contributed by atoms with van der Waals surface area (Å²) in [6, 6.07) is 13.3. The normalized spacial score (nSPS) is 12.3. The summed E-state index contributed by atoms with van der Waals surface area (Å²) in [5.74, 6) is 0. The molecular weight excluding hydrogens is 385 g/mol. The predicted octanol–water partition coefficient (Wildman–Crippen LogP) is -0.568. The van der Waals surface area contributed by atoms with E-state index in [4.69, 9.17) is 0 Å². The van der Waals surface area contributed by atoms with Crippen LogP contribution in [0.4, 0.5) is 5.69 Å². The van der Waals surface area contributed by atoms with Crippen LogP contribution >= 0.6 is 0 Å². The number of allylic oxidation sites excluding steroid dienone is 4. The fraction of sp³-hybridized carbons (Fsp3) is 0.238. The van der Waals surface area contributed by atoms with Gasteiger partial charge in [0.1, 0.15) is 0 Å². The van der Waals surface area contributed by atoms with Crippen LogP contribution in [0.3, 0.4) is 0 Å². The molecule has 0 aromatic heterocycles. The second-order valence-electron chi connectivity index (χ2n) is 6.31. The van der Waals surface area contributed by atoms with E-state index >= 15 is 0 Å². The molecule has 1 nitrogen and oxygen atoms in total. The molecule has 4 heteroatoms. The fourth-order valence-corrected chi connectivity index (χ4v) is 4.28. The summed E-state index contributed by atoms with van der Waals surface area (Å²) in [6.45, 7) is 7.51. The van der Waals surface area contributed by atoms with Gasteiger partial charge in [-0.1, -0.05) is 0 Å². The molecule has 2 aromatic carbocycles. The van der Waals surface area contributed by atoms with Crippen molar-refractivity contribution >= 4 is 11.3 Å². The molecule has 0 atom stereocenters. The molecule has 0 saturated carbocycles. The first kappa shape index (κ1) is 22.1. The predicted molar refractivity (Wildman–Crippen MR) is 95.0 cm³/mol. The van der Waals surface area contributed by atoms with Crippen molar-refractivity contribution in [2.24, 2.45) is 0 Å². The summed E-state index contributed by atoms with van der Waals surface area (Å²) < 4.78 is 2.38. The van der Waals surface area contributed by atoms with Crippen LogP contribution in [0.1, 0.15) is 34.2 Å². The molecule has 1 aliphatic carbocycles. The van der Waals surface area contributed by atoms with E-state index in [0.29, 0.717) is 0 Å². The van der Waals surface area contributed by atoms with Gasteiger partial charge in [-0.3, -0.25) is 0 Å². The van der Waals surface area contributed by atoms with Crippen LogP contribution in [0.5, 0.6) is 0 Å². The quantitative estimate of drug-likeness (QED) is 0.615. The Labute approximate surface area is 175 Å². The summed E-state index contributed by atoms with van der Waals surface area (Å²) in [6.07, 6.45) is 7.67. The Morgan fingerprint density at radius 3 is 2.24 bits per heavy atom. The van der Waals surface area contributed by atoms with Gasteiger partial charge in [0.2, 0.25) is 0 Å². The zero-order chi connectivity index (χ0) is 16.4. The molecule has 0 spiro atoms. The molecule has 0 unspecified atom stereocenters. The molecule has 0 aliphatic heterocycles. The van der Waals surface area contributed by atoms with Crippen LogP contribution < -0.4 is 28.2 Å². The van der Waals surface area contributed by atoms with Crippen molar-refractivity contribution in [1.82, 2.24) is 0 Å². The third-order valence-electron chi connectivity index (χ3n) is 4.37. The van der Waals surface area contributed by atoms with Crippen molar-refractivity contribution in [3.05, 3.63) is 82.4 Å². The standard InChI is InChI=1S/C21H22N.2ClH.Ti/c1-15-12-16(2)21(17(3)13-15)22-14-19-10-6-7-11-20(19)18-8-4-5-9-18;;;/h4-8,10-13H,9,14H2,1-3H3;2*1H;/q-1;;;+3/p-2. The minimum absolute atomic E-state index is 0. The Bertz CT molecular complexity index is 773. The molecule has 0 bridgehead atoms.